The Hall–Kier alpha value is -0.910. The minimum absolute atomic E-state index is 0.158. The van der Waals surface area contributed by atoms with Crippen LogP contribution in [0, 0.1) is 6.92 Å². The van der Waals surface area contributed by atoms with Crippen LogP contribution in [0.25, 0.3) is 0 Å². The van der Waals surface area contributed by atoms with Gasteiger partial charge >= 0.3 is 5.97 Å². The summed E-state index contributed by atoms with van der Waals surface area (Å²) in [6.07, 6.45) is 1.03. The van der Waals surface area contributed by atoms with Gasteiger partial charge in [-0.15, -0.1) is 0 Å². The van der Waals surface area contributed by atoms with E-state index in [9.17, 15) is 4.79 Å². The highest BCUT2D eigenvalue weighted by atomic mass is 79.9. The molecule has 0 spiro atoms. The average molecular weight is 341 g/mol. The molecule has 1 N–H and O–H groups in total. The molecule has 0 saturated carbocycles. The van der Waals surface area contributed by atoms with E-state index in [1.54, 1.807) is 0 Å². The van der Waals surface area contributed by atoms with Gasteiger partial charge in [0.1, 0.15) is 0 Å². The molecule has 1 saturated heterocycles. The summed E-state index contributed by atoms with van der Waals surface area (Å²) in [5, 5.41) is 8.86. The Morgan fingerprint density at radius 1 is 1.25 bits per heavy atom. The molecule has 4 nitrogen and oxygen atoms in total. The van der Waals surface area contributed by atoms with E-state index in [4.69, 9.17) is 5.11 Å². The lowest BCUT2D eigenvalue weighted by Gasteiger charge is -2.21. The van der Waals surface area contributed by atoms with Gasteiger partial charge in [0, 0.05) is 30.7 Å². The lowest BCUT2D eigenvalue weighted by Crippen LogP contribution is -2.34. The van der Waals surface area contributed by atoms with Crippen molar-refractivity contribution < 1.29 is 9.90 Å². The number of carboxylic acids is 1. The van der Waals surface area contributed by atoms with E-state index in [-0.39, 0.29) is 6.54 Å². The first-order chi connectivity index (χ1) is 9.54. The minimum atomic E-state index is -0.734. The summed E-state index contributed by atoms with van der Waals surface area (Å²) in [6, 6.07) is 6.46. The van der Waals surface area contributed by atoms with Gasteiger partial charge in [0.05, 0.1) is 6.54 Å². The smallest absolute Gasteiger partial charge is 0.317 e. The van der Waals surface area contributed by atoms with E-state index >= 15 is 0 Å². The zero-order chi connectivity index (χ0) is 14.5. The molecule has 0 bridgehead atoms. The SMILES string of the molecule is Cc1cc(CN2CCCN(CC(=O)O)CC2)ccc1Br. The highest BCUT2D eigenvalue weighted by Crippen LogP contribution is 2.18. The first-order valence-corrected chi connectivity index (χ1v) is 7.75. The monoisotopic (exact) mass is 340 g/mol. The van der Waals surface area contributed by atoms with Gasteiger partial charge in [0.25, 0.3) is 0 Å². The van der Waals surface area contributed by atoms with Gasteiger partial charge < -0.3 is 5.11 Å². The topological polar surface area (TPSA) is 43.8 Å². The molecular formula is C15H21BrN2O2. The molecule has 0 amide bonds. The van der Waals surface area contributed by atoms with Crippen LogP contribution in [0.4, 0.5) is 0 Å². The molecule has 0 aromatic heterocycles. The number of carboxylic acid groups (broad SMARTS) is 1. The van der Waals surface area contributed by atoms with Gasteiger partial charge in [-0.25, -0.2) is 0 Å². The molecule has 1 aromatic carbocycles. The van der Waals surface area contributed by atoms with Crippen LogP contribution in [0.5, 0.6) is 0 Å². The fourth-order valence-electron chi connectivity index (χ4n) is 2.60. The maximum absolute atomic E-state index is 10.8. The fourth-order valence-corrected chi connectivity index (χ4v) is 2.84. The van der Waals surface area contributed by atoms with Crippen LogP contribution in [0.2, 0.25) is 0 Å². The van der Waals surface area contributed by atoms with Crippen molar-refractivity contribution in [2.45, 2.75) is 19.9 Å². The summed E-state index contributed by atoms with van der Waals surface area (Å²) in [4.78, 5) is 15.2. The lowest BCUT2D eigenvalue weighted by atomic mass is 10.1. The maximum atomic E-state index is 10.8. The first-order valence-electron chi connectivity index (χ1n) is 6.96. The zero-order valence-electron chi connectivity index (χ0n) is 11.8. The van der Waals surface area contributed by atoms with Crippen LogP contribution in [-0.2, 0) is 11.3 Å². The third kappa shape index (κ3) is 4.58. The number of halogens is 1. The largest absolute Gasteiger partial charge is 0.480 e. The van der Waals surface area contributed by atoms with E-state index in [2.05, 4.69) is 46.0 Å². The average Bonchev–Trinajstić information content (AvgIpc) is 2.59. The Morgan fingerprint density at radius 2 is 1.95 bits per heavy atom. The summed E-state index contributed by atoms with van der Waals surface area (Å²) in [6.45, 7) is 6.88. The van der Waals surface area contributed by atoms with Gasteiger partial charge in [-0.3, -0.25) is 14.6 Å². The minimum Gasteiger partial charge on any atom is -0.480 e. The van der Waals surface area contributed by atoms with Crippen molar-refractivity contribution in [3.8, 4) is 0 Å². The number of aryl methyl sites for hydroxylation is 1. The Bertz CT molecular complexity index is 479. The van der Waals surface area contributed by atoms with Gasteiger partial charge in [-0.05, 0) is 37.1 Å². The molecule has 0 aliphatic carbocycles. The molecule has 2 rings (SSSR count). The lowest BCUT2D eigenvalue weighted by molar-refractivity contribution is -0.138. The number of hydrogen-bond acceptors (Lipinski definition) is 3. The molecule has 0 atom stereocenters. The summed E-state index contributed by atoms with van der Waals surface area (Å²) < 4.78 is 1.14. The van der Waals surface area contributed by atoms with Crippen LogP contribution in [0.3, 0.4) is 0 Å². The molecule has 20 heavy (non-hydrogen) atoms. The summed E-state index contributed by atoms with van der Waals surface area (Å²) in [5.74, 6) is -0.734. The van der Waals surface area contributed by atoms with E-state index in [1.165, 1.54) is 11.1 Å². The summed E-state index contributed by atoms with van der Waals surface area (Å²) >= 11 is 3.52. The molecule has 110 valence electrons. The molecule has 0 unspecified atom stereocenters. The van der Waals surface area contributed by atoms with Gasteiger partial charge in [0.2, 0.25) is 0 Å². The molecular weight excluding hydrogens is 320 g/mol. The molecule has 1 fully saturated rings. The Balaban J connectivity index is 1.90. The van der Waals surface area contributed by atoms with E-state index in [0.29, 0.717) is 0 Å². The first kappa shape index (κ1) is 15.5. The Morgan fingerprint density at radius 3 is 2.65 bits per heavy atom. The zero-order valence-corrected chi connectivity index (χ0v) is 13.4. The third-order valence-electron chi connectivity index (χ3n) is 3.67. The van der Waals surface area contributed by atoms with Gasteiger partial charge in [-0.2, -0.15) is 0 Å². The molecule has 1 heterocycles. The molecule has 1 aliphatic rings. The summed E-state index contributed by atoms with van der Waals surface area (Å²) in [5.41, 5.74) is 2.57. The number of carbonyl (C=O) groups is 1. The van der Waals surface area contributed by atoms with Crippen molar-refractivity contribution in [1.29, 1.82) is 0 Å². The quantitative estimate of drug-likeness (QED) is 0.913. The number of hydrogen-bond donors (Lipinski definition) is 1. The number of aliphatic carboxylic acids is 1. The Kier molecular flexibility index (Phi) is 5.57. The van der Waals surface area contributed by atoms with Gasteiger partial charge in [-0.1, -0.05) is 28.1 Å². The van der Waals surface area contributed by atoms with Crippen molar-refractivity contribution >= 4 is 21.9 Å². The van der Waals surface area contributed by atoms with Crippen LogP contribution >= 0.6 is 15.9 Å². The standard InChI is InChI=1S/C15H21BrN2O2/c1-12-9-13(3-4-14(12)16)10-17-5-2-6-18(8-7-17)11-15(19)20/h3-4,9H,2,5-8,10-11H2,1H3,(H,19,20). The van der Waals surface area contributed by atoms with E-state index in [1.807, 2.05) is 4.90 Å². The van der Waals surface area contributed by atoms with Crippen LogP contribution < -0.4 is 0 Å². The van der Waals surface area contributed by atoms with Crippen LogP contribution in [0.1, 0.15) is 17.5 Å². The van der Waals surface area contributed by atoms with Crippen molar-refractivity contribution in [3.63, 3.8) is 0 Å². The van der Waals surface area contributed by atoms with Crippen LogP contribution in [0.15, 0.2) is 22.7 Å². The van der Waals surface area contributed by atoms with Gasteiger partial charge in [0.15, 0.2) is 0 Å². The highest BCUT2D eigenvalue weighted by molar-refractivity contribution is 9.10. The van der Waals surface area contributed by atoms with E-state index in [0.717, 1.165) is 43.6 Å². The van der Waals surface area contributed by atoms with Crippen molar-refractivity contribution in [2.75, 3.05) is 32.7 Å². The second kappa shape index (κ2) is 7.20. The predicted molar refractivity (Wildman–Crippen MR) is 82.8 cm³/mol. The normalized spacial score (nSPS) is 17.9. The number of rotatable bonds is 4. The summed E-state index contributed by atoms with van der Waals surface area (Å²) in [7, 11) is 0. The van der Waals surface area contributed by atoms with E-state index < -0.39 is 5.97 Å². The Labute approximate surface area is 128 Å². The molecule has 1 aliphatic heterocycles. The fraction of sp³-hybridized carbons (Fsp3) is 0.533. The molecule has 1 aromatic rings. The van der Waals surface area contributed by atoms with Crippen molar-refractivity contribution in [3.05, 3.63) is 33.8 Å². The third-order valence-corrected chi connectivity index (χ3v) is 4.56. The highest BCUT2D eigenvalue weighted by Gasteiger charge is 2.16. The van der Waals surface area contributed by atoms with Crippen molar-refractivity contribution in [1.82, 2.24) is 9.80 Å². The van der Waals surface area contributed by atoms with Crippen LogP contribution in [-0.4, -0.2) is 53.6 Å². The molecule has 0 radical (unpaired) electrons. The predicted octanol–water partition coefficient (Wildman–Crippen LogP) is 2.35. The maximum Gasteiger partial charge on any atom is 0.317 e. The number of nitrogens with zero attached hydrogens (tertiary/aromatic N) is 2. The second-order valence-corrected chi connectivity index (χ2v) is 6.24. The number of benzene rings is 1. The second-order valence-electron chi connectivity index (χ2n) is 5.38. The van der Waals surface area contributed by atoms with Crippen molar-refractivity contribution in [2.24, 2.45) is 0 Å². The molecule has 5 heteroatoms.